The summed E-state index contributed by atoms with van der Waals surface area (Å²) in [6.45, 7) is 0.822. The number of amidine groups is 1. The van der Waals surface area contributed by atoms with Crippen LogP contribution in [0.4, 0.5) is 5.69 Å². The summed E-state index contributed by atoms with van der Waals surface area (Å²) in [4.78, 5) is 14.1. The molecule has 0 aliphatic carbocycles. The van der Waals surface area contributed by atoms with Gasteiger partial charge in [-0.2, -0.15) is 8.42 Å². The first-order valence-corrected chi connectivity index (χ1v) is 10.4. The van der Waals surface area contributed by atoms with Crippen molar-refractivity contribution in [3.05, 3.63) is 60.2 Å². The molecular formula is C20H23N3O3S. The third-order valence-corrected chi connectivity index (χ3v) is 5.80. The summed E-state index contributed by atoms with van der Waals surface area (Å²) in [5.41, 5.74) is 1.67. The maximum atomic E-state index is 12.4. The SMILES string of the molecule is CN1CCC/C1=N/S(=O)(=O)c1ccc(NC(=O)CCc2ccccc2)cc1. The van der Waals surface area contributed by atoms with Crippen LogP contribution >= 0.6 is 0 Å². The van der Waals surface area contributed by atoms with Crippen molar-refractivity contribution in [1.29, 1.82) is 0 Å². The van der Waals surface area contributed by atoms with Crippen LogP contribution in [0.3, 0.4) is 0 Å². The molecule has 1 aliphatic rings. The molecule has 0 aromatic heterocycles. The van der Waals surface area contributed by atoms with Gasteiger partial charge in [0.25, 0.3) is 10.0 Å². The Kier molecular flexibility index (Phi) is 5.91. The minimum Gasteiger partial charge on any atom is -0.362 e. The van der Waals surface area contributed by atoms with Gasteiger partial charge in [0.15, 0.2) is 0 Å². The number of benzene rings is 2. The molecule has 1 aliphatic heterocycles. The maximum absolute atomic E-state index is 12.4. The van der Waals surface area contributed by atoms with Gasteiger partial charge in [-0.1, -0.05) is 30.3 Å². The van der Waals surface area contributed by atoms with Crippen molar-refractivity contribution in [3.63, 3.8) is 0 Å². The number of carbonyl (C=O) groups excluding carboxylic acids is 1. The Hall–Kier alpha value is -2.67. The van der Waals surface area contributed by atoms with E-state index in [4.69, 9.17) is 0 Å². The Morgan fingerprint density at radius 1 is 1.11 bits per heavy atom. The first kappa shape index (κ1) is 19.1. The molecule has 7 heteroatoms. The molecule has 0 radical (unpaired) electrons. The van der Waals surface area contributed by atoms with E-state index in [9.17, 15) is 13.2 Å². The van der Waals surface area contributed by atoms with Crippen molar-refractivity contribution >= 4 is 27.5 Å². The minimum absolute atomic E-state index is 0.109. The normalized spacial score (nSPS) is 15.9. The van der Waals surface area contributed by atoms with Crippen molar-refractivity contribution in [2.45, 2.75) is 30.6 Å². The van der Waals surface area contributed by atoms with E-state index in [-0.39, 0.29) is 10.8 Å². The van der Waals surface area contributed by atoms with Crippen LogP contribution in [0.2, 0.25) is 0 Å². The fourth-order valence-electron chi connectivity index (χ4n) is 2.94. The average molecular weight is 385 g/mol. The molecule has 3 rings (SSSR count). The van der Waals surface area contributed by atoms with E-state index in [1.807, 2.05) is 42.3 Å². The molecular weight excluding hydrogens is 362 g/mol. The van der Waals surface area contributed by atoms with E-state index in [1.54, 1.807) is 12.1 Å². The fourth-order valence-corrected chi connectivity index (χ4v) is 4.03. The lowest BCUT2D eigenvalue weighted by Gasteiger charge is -2.11. The fraction of sp³-hybridized carbons (Fsp3) is 0.300. The van der Waals surface area contributed by atoms with Gasteiger partial charge >= 0.3 is 0 Å². The van der Waals surface area contributed by atoms with Gasteiger partial charge in [-0.15, -0.1) is 4.40 Å². The zero-order valence-corrected chi connectivity index (χ0v) is 16.1. The summed E-state index contributed by atoms with van der Waals surface area (Å²) >= 11 is 0. The largest absolute Gasteiger partial charge is 0.362 e. The van der Waals surface area contributed by atoms with Crippen molar-refractivity contribution in [3.8, 4) is 0 Å². The number of sulfonamides is 1. The van der Waals surface area contributed by atoms with Crippen molar-refractivity contribution in [2.75, 3.05) is 18.9 Å². The van der Waals surface area contributed by atoms with Crippen molar-refractivity contribution < 1.29 is 13.2 Å². The predicted octanol–water partition coefficient (Wildman–Crippen LogP) is 3.07. The maximum Gasteiger partial charge on any atom is 0.283 e. The number of likely N-dealkylation sites (tertiary alicyclic amines) is 1. The Labute approximate surface area is 160 Å². The number of hydrogen-bond donors (Lipinski definition) is 1. The van der Waals surface area contributed by atoms with Gasteiger partial charge in [-0.25, -0.2) is 0 Å². The second kappa shape index (κ2) is 8.35. The standard InChI is InChI=1S/C20H23N3O3S/c1-23-15-5-8-19(23)22-27(25,26)18-12-10-17(11-13-18)21-20(24)14-9-16-6-3-2-4-7-16/h2-4,6-7,10-13H,5,8-9,14-15H2,1H3,(H,21,24)/b22-19-. The van der Waals surface area contributed by atoms with Crippen LogP contribution in [0.5, 0.6) is 0 Å². The lowest BCUT2D eigenvalue weighted by molar-refractivity contribution is -0.116. The van der Waals surface area contributed by atoms with E-state index in [0.29, 0.717) is 30.8 Å². The third kappa shape index (κ3) is 5.17. The number of anilines is 1. The minimum atomic E-state index is -3.73. The first-order chi connectivity index (χ1) is 12.9. The zero-order valence-electron chi connectivity index (χ0n) is 15.3. The number of aryl methyl sites for hydroxylation is 1. The van der Waals surface area contributed by atoms with Gasteiger partial charge in [0.1, 0.15) is 5.84 Å². The molecule has 1 fully saturated rings. The summed E-state index contributed by atoms with van der Waals surface area (Å²) in [6, 6.07) is 15.9. The Balaban J connectivity index is 1.60. The van der Waals surface area contributed by atoms with Crippen molar-refractivity contribution in [2.24, 2.45) is 4.40 Å². The van der Waals surface area contributed by atoms with E-state index >= 15 is 0 Å². The second-order valence-corrected chi connectivity index (χ2v) is 8.17. The predicted molar refractivity (Wildman–Crippen MR) is 106 cm³/mol. The number of carbonyl (C=O) groups is 1. The molecule has 0 atom stereocenters. The topological polar surface area (TPSA) is 78.8 Å². The van der Waals surface area contributed by atoms with Gasteiger partial charge in [-0.3, -0.25) is 4.79 Å². The number of amides is 1. The molecule has 2 aromatic carbocycles. The van der Waals surface area contributed by atoms with Crippen LogP contribution in [0.1, 0.15) is 24.8 Å². The molecule has 0 saturated carbocycles. The van der Waals surface area contributed by atoms with E-state index in [2.05, 4.69) is 9.71 Å². The Morgan fingerprint density at radius 2 is 1.81 bits per heavy atom. The van der Waals surface area contributed by atoms with Crippen LogP contribution in [-0.4, -0.2) is 38.7 Å². The van der Waals surface area contributed by atoms with E-state index in [1.165, 1.54) is 12.1 Å². The van der Waals surface area contributed by atoms with E-state index in [0.717, 1.165) is 18.5 Å². The molecule has 1 amide bonds. The van der Waals surface area contributed by atoms with Crippen molar-refractivity contribution in [1.82, 2.24) is 4.90 Å². The Morgan fingerprint density at radius 3 is 2.44 bits per heavy atom. The number of hydrogen-bond acceptors (Lipinski definition) is 3. The monoisotopic (exact) mass is 385 g/mol. The number of rotatable bonds is 6. The Bertz CT molecular complexity index is 923. The molecule has 27 heavy (non-hydrogen) atoms. The molecule has 6 nitrogen and oxygen atoms in total. The molecule has 1 heterocycles. The third-order valence-electron chi connectivity index (χ3n) is 4.48. The van der Waals surface area contributed by atoms with Gasteiger partial charge in [0.2, 0.25) is 5.91 Å². The highest BCUT2D eigenvalue weighted by Crippen LogP contribution is 2.19. The summed E-state index contributed by atoms with van der Waals surface area (Å²) in [5.74, 6) is 0.482. The molecule has 1 saturated heterocycles. The summed E-state index contributed by atoms with van der Waals surface area (Å²) in [5, 5.41) is 2.79. The van der Waals surface area contributed by atoms with Gasteiger partial charge < -0.3 is 10.2 Å². The summed E-state index contributed by atoms with van der Waals surface area (Å²) < 4.78 is 28.8. The van der Waals surface area contributed by atoms with E-state index < -0.39 is 10.0 Å². The highest BCUT2D eigenvalue weighted by molar-refractivity contribution is 7.90. The van der Waals surface area contributed by atoms with Gasteiger partial charge in [0.05, 0.1) is 4.90 Å². The molecule has 0 spiro atoms. The number of nitrogens with one attached hydrogen (secondary N) is 1. The molecule has 1 N–H and O–H groups in total. The zero-order chi connectivity index (χ0) is 19.3. The smallest absolute Gasteiger partial charge is 0.283 e. The van der Waals surface area contributed by atoms with Crippen LogP contribution in [0, 0.1) is 0 Å². The van der Waals surface area contributed by atoms with Crippen LogP contribution < -0.4 is 5.32 Å². The highest BCUT2D eigenvalue weighted by atomic mass is 32.2. The lowest BCUT2D eigenvalue weighted by atomic mass is 10.1. The number of nitrogens with zero attached hydrogens (tertiary/aromatic N) is 2. The lowest BCUT2D eigenvalue weighted by Crippen LogP contribution is -2.20. The van der Waals surface area contributed by atoms with Gasteiger partial charge in [-0.05, 0) is 42.7 Å². The average Bonchev–Trinajstić information content (AvgIpc) is 3.05. The molecule has 0 bridgehead atoms. The summed E-state index contributed by atoms with van der Waals surface area (Å²) in [6.07, 6.45) is 2.61. The molecule has 0 unspecified atom stereocenters. The molecule has 2 aromatic rings. The first-order valence-electron chi connectivity index (χ1n) is 8.93. The van der Waals surface area contributed by atoms with Crippen LogP contribution in [0.25, 0.3) is 0 Å². The van der Waals surface area contributed by atoms with Crippen LogP contribution in [-0.2, 0) is 21.2 Å². The highest BCUT2D eigenvalue weighted by Gasteiger charge is 2.20. The summed E-state index contributed by atoms with van der Waals surface area (Å²) in [7, 11) is -1.89. The molecule has 142 valence electrons. The van der Waals surface area contributed by atoms with Gasteiger partial charge in [0, 0.05) is 32.1 Å². The second-order valence-electron chi connectivity index (χ2n) is 6.57. The van der Waals surface area contributed by atoms with Crippen LogP contribution in [0.15, 0.2) is 63.9 Å². The quantitative estimate of drug-likeness (QED) is 0.829.